The van der Waals surface area contributed by atoms with Crippen molar-refractivity contribution in [2.45, 2.75) is 37.6 Å². The number of amides is 1. The number of rotatable bonds is 14. The molecule has 52 heavy (non-hydrogen) atoms. The van der Waals surface area contributed by atoms with Gasteiger partial charge in [-0.15, -0.1) is 0 Å². The molecule has 0 saturated carbocycles. The summed E-state index contributed by atoms with van der Waals surface area (Å²) in [5.74, 6) is 3.55. The van der Waals surface area contributed by atoms with E-state index in [0.717, 1.165) is 90.6 Å². The zero-order valence-electron chi connectivity index (χ0n) is 30.2. The second-order valence-electron chi connectivity index (χ2n) is 13.4. The number of hydrogen-bond acceptors (Lipinski definition) is 10. The number of fused-ring (bicyclic) bond motifs is 2. The van der Waals surface area contributed by atoms with Gasteiger partial charge in [-0.1, -0.05) is 24.3 Å². The van der Waals surface area contributed by atoms with Crippen molar-refractivity contribution in [3.8, 4) is 28.7 Å². The number of para-hydroxylation sites is 1. The molecule has 1 unspecified atom stereocenters. The minimum Gasteiger partial charge on any atom is -0.493 e. The smallest absolute Gasteiger partial charge is 0.253 e. The molecule has 2 aromatic heterocycles. The fourth-order valence-corrected chi connectivity index (χ4v) is 7.20. The van der Waals surface area contributed by atoms with Crippen molar-refractivity contribution < 1.29 is 28.5 Å². The zero-order chi connectivity index (χ0) is 36.0. The molecule has 5 aromatic rings. The first-order valence-electron chi connectivity index (χ1n) is 17.7. The number of H-pyrrole nitrogens is 1. The Kier molecular flexibility index (Phi) is 10.6. The van der Waals surface area contributed by atoms with Gasteiger partial charge in [0, 0.05) is 62.5 Å². The van der Waals surface area contributed by atoms with E-state index >= 15 is 0 Å². The summed E-state index contributed by atoms with van der Waals surface area (Å²) in [6.07, 6.45) is 5.45. The van der Waals surface area contributed by atoms with E-state index in [1.807, 2.05) is 37.5 Å². The molecule has 272 valence electrons. The minimum atomic E-state index is -0.133. The van der Waals surface area contributed by atoms with Gasteiger partial charge in [0.05, 0.1) is 32.4 Å². The molecule has 1 saturated heterocycles. The summed E-state index contributed by atoms with van der Waals surface area (Å²) < 4.78 is 27.8. The first-order chi connectivity index (χ1) is 25.4. The monoisotopic (exact) mass is 706 g/mol. The van der Waals surface area contributed by atoms with Crippen LogP contribution in [0.25, 0.3) is 11.0 Å². The Labute approximate surface area is 304 Å². The molecule has 0 aliphatic carbocycles. The number of nitrogens with one attached hydrogen (secondary N) is 2. The second-order valence-corrected chi connectivity index (χ2v) is 13.4. The largest absolute Gasteiger partial charge is 0.493 e. The van der Waals surface area contributed by atoms with Gasteiger partial charge < -0.3 is 43.8 Å². The van der Waals surface area contributed by atoms with Gasteiger partial charge in [0.1, 0.15) is 0 Å². The summed E-state index contributed by atoms with van der Waals surface area (Å²) in [5, 5.41) is 3.67. The van der Waals surface area contributed by atoms with E-state index in [0.29, 0.717) is 35.4 Å². The van der Waals surface area contributed by atoms with Crippen LogP contribution in [0.4, 0.5) is 5.95 Å². The van der Waals surface area contributed by atoms with Crippen molar-refractivity contribution in [3.05, 3.63) is 95.3 Å². The minimum absolute atomic E-state index is 0.0668. The van der Waals surface area contributed by atoms with Crippen molar-refractivity contribution in [3.63, 3.8) is 0 Å². The first kappa shape index (κ1) is 34.9. The number of carbonyl (C=O) groups excluding carboxylic acids is 1. The third kappa shape index (κ3) is 7.71. The van der Waals surface area contributed by atoms with Crippen LogP contribution in [0, 0.1) is 0 Å². The van der Waals surface area contributed by atoms with Crippen LogP contribution >= 0.6 is 0 Å². The lowest BCUT2D eigenvalue weighted by molar-refractivity contribution is 0.0781. The third-order valence-corrected chi connectivity index (χ3v) is 10.0. The Morgan fingerprint density at radius 3 is 2.50 bits per heavy atom. The lowest BCUT2D eigenvalue weighted by atomic mass is 9.93. The highest BCUT2D eigenvalue weighted by Crippen LogP contribution is 2.39. The number of pyridine rings is 1. The molecule has 1 atom stereocenters. The number of likely N-dealkylation sites (tertiary alicyclic amines) is 1. The SMILES string of the molecule is COc1cc(C(=O)N(C)CC(CCN2CCC(Nc3nc4c(Cc5ccccn5)cccc4[nH]3)CC2)c2ccc3c(c2)OCO3)cc(OC)c1OC. The molecule has 0 spiro atoms. The van der Waals surface area contributed by atoms with Gasteiger partial charge in [-0.05, 0) is 79.4 Å². The molecule has 2 aliphatic heterocycles. The van der Waals surface area contributed by atoms with Gasteiger partial charge in [0.15, 0.2) is 23.0 Å². The first-order valence-corrected chi connectivity index (χ1v) is 17.7. The molecule has 1 amide bonds. The van der Waals surface area contributed by atoms with E-state index in [9.17, 15) is 4.79 Å². The van der Waals surface area contributed by atoms with Crippen LogP contribution in [0.15, 0.2) is 72.9 Å². The highest BCUT2D eigenvalue weighted by Gasteiger charge is 2.26. The average molecular weight is 707 g/mol. The second kappa shape index (κ2) is 15.8. The molecule has 0 bridgehead atoms. The van der Waals surface area contributed by atoms with Crippen molar-refractivity contribution in [2.24, 2.45) is 0 Å². The highest BCUT2D eigenvalue weighted by atomic mass is 16.7. The Morgan fingerprint density at radius 1 is 0.981 bits per heavy atom. The molecule has 12 heteroatoms. The molecule has 1 fully saturated rings. The van der Waals surface area contributed by atoms with Crippen molar-refractivity contribution in [1.29, 1.82) is 0 Å². The van der Waals surface area contributed by atoms with Crippen LogP contribution in [0.2, 0.25) is 0 Å². The van der Waals surface area contributed by atoms with E-state index in [1.54, 1.807) is 38.4 Å². The van der Waals surface area contributed by atoms with E-state index in [4.69, 9.17) is 28.7 Å². The molecule has 4 heterocycles. The number of aromatic amines is 1. The number of benzene rings is 3. The van der Waals surface area contributed by atoms with Gasteiger partial charge in [-0.25, -0.2) is 4.98 Å². The lowest BCUT2D eigenvalue weighted by Crippen LogP contribution is -2.40. The number of aromatic nitrogens is 3. The topological polar surface area (TPSA) is 123 Å². The number of nitrogens with zero attached hydrogens (tertiary/aromatic N) is 4. The summed E-state index contributed by atoms with van der Waals surface area (Å²) in [4.78, 5) is 31.0. The van der Waals surface area contributed by atoms with Gasteiger partial charge in [-0.3, -0.25) is 9.78 Å². The van der Waals surface area contributed by atoms with Gasteiger partial charge >= 0.3 is 0 Å². The van der Waals surface area contributed by atoms with E-state index in [2.05, 4.69) is 50.5 Å². The summed E-state index contributed by atoms with van der Waals surface area (Å²) in [6, 6.07) is 22.1. The number of hydrogen-bond donors (Lipinski definition) is 2. The summed E-state index contributed by atoms with van der Waals surface area (Å²) in [7, 11) is 6.47. The number of likely N-dealkylation sites (N-methyl/N-ethyl adjacent to an activating group) is 1. The van der Waals surface area contributed by atoms with Gasteiger partial charge in [-0.2, -0.15) is 0 Å². The highest BCUT2D eigenvalue weighted by molar-refractivity contribution is 5.95. The maximum atomic E-state index is 13.8. The molecule has 7 rings (SSSR count). The summed E-state index contributed by atoms with van der Waals surface area (Å²) in [5.41, 5.74) is 5.76. The zero-order valence-corrected chi connectivity index (χ0v) is 30.2. The quantitative estimate of drug-likeness (QED) is 0.140. The van der Waals surface area contributed by atoms with Gasteiger partial charge in [0.2, 0.25) is 18.5 Å². The molecule has 12 nitrogen and oxygen atoms in total. The lowest BCUT2D eigenvalue weighted by Gasteiger charge is -2.34. The van der Waals surface area contributed by atoms with E-state index in [-0.39, 0.29) is 18.6 Å². The maximum absolute atomic E-state index is 13.8. The molecule has 2 N–H and O–H groups in total. The molecule has 2 aliphatic rings. The maximum Gasteiger partial charge on any atom is 0.253 e. The van der Waals surface area contributed by atoms with Crippen molar-refractivity contribution in [2.75, 3.05) is 66.7 Å². The number of anilines is 1. The number of methoxy groups -OCH3 is 3. The molecular weight excluding hydrogens is 660 g/mol. The Morgan fingerprint density at radius 2 is 1.77 bits per heavy atom. The third-order valence-electron chi connectivity index (χ3n) is 10.0. The summed E-state index contributed by atoms with van der Waals surface area (Å²) >= 11 is 0. The van der Waals surface area contributed by atoms with E-state index in [1.165, 1.54) is 0 Å². The predicted molar refractivity (Wildman–Crippen MR) is 199 cm³/mol. The van der Waals surface area contributed by atoms with Crippen LogP contribution in [0.3, 0.4) is 0 Å². The van der Waals surface area contributed by atoms with E-state index < -0.39 is 0 Å². The number of piperidine rings is 1. The number of imidazole rings is 1. The van der Waals surface area contributed by atoms with Crippen LogP contribution in [0.1, 0.15) is 52.4 Å². The Balaban J connectivity index is 0.989. The van der Waals surface area contributed by atoms with Gasteiger partial charge in [0.25, 0.3) is 5.91 Å². The molecule has 0 radical (unpaired) electrons. The van der Waals surface area contributed by atoms with Crippen LogP contribution < -0.4 is 29.0 Å². The number of ether oxygens (including phenoxy) is 5. The fourth-order valence-electron chi connectivity index (χ4n) is 7.20. The number of carbonyl (C=O) groups is 1. The average Bonchev–Trinajstić information content (AvgIpc) is 3.83. The Hall–Kier alpha value is -5.49. The van der Waals surface area contributed by atoms with Crippen LogP contribution in [-0.4, -0.2) is 98.0 Å². The normalized spacial score (nSPS) is 15.0. The van der Waals surface area contributed by atoms with Crippen LogP contribution in [0.5, 0.6) is 28.7 Å². The summed E-state index contributed by atoms with van der Waals surface area (Å²) in [6.45, 7) is 3.57. The van der Waals surface area contributed by atoms with Crippen LogP contribution in [-0.2, 0) is 6.42 Å². The van der Waals surface area contributed by atoms with Crippen molar-refractivity contribution >= 4 is 22.9 Å². The Bertz CT molecular complexity index is 1970. The molecular formula is C40H46N6O6. The fraction of sp³-hybridized carbons (Fsp3) is 0.375. The van der Waals surface area contributed by atoms with Crippen molar-refractivity contribution in [1.82, 2.24) is 24.8 Å². The molecule has 3 aromatic carbocycles. The standard InChI is InChI=1S/C40H46N6O6/c1-45(39(47)29-22-35(48-2)38(50-4)36(23-29)49-3)24-28(26-11-12-33-34(21-26)52-25-51-33)13-17-46-18-14-30(15-19-46)42-40-43-32-10-7-8-27(37(32)44-40)20-31-9-5-6-16-41-31/h5-12,16,21-23,28,30H,13-15,17-20,24-25H2,1-4H3,(H2,42,43,44). The predicted octanol–water partition coefficient (Wildman–Crippen LogP) is 6.13.